The molecule has 1 N–H and O–H groups in total. The predicted molar refractivity (Wildman–Crippen MR) is 97.0 cm³/mol. The van der Waals surface area contributed by atoms with Crippen molar-refractivity contribution < 1.29 is 5.11 Å². The molecule has 1 heterocycles. The number of aliphatic hydroxyl groups excluding tert-OH is 1. The maximum absolute atomic E-state index is 9.98. The first-order valence-electron chi connectivity index (χ1n) is 8.65. The Morgan fingerprint density at radius 3 is 2.59 bits per heavy atom. The maximum atomic E-state index is 9.98. The van der Waals surface area contributed by atoms with Crippen molar-refractivity contribution in [2.24, 2.45) is 11.3 Å². The number of allylic oxidation sites excluding steroid dienone is 4. The van der Waals surface area contributed by atoms with Gasteiger partial charge >= 0.3 is 0 Å². The minimum atomic E-state index is 0.152. The van der Waals surface area contributed by atoms with E-state index in [1.807, 2.05) is 13.8 Å². The highest BCUT2D eigenvalue weighted by atomic mass is 16.3. The van der Waals surface area contributed by atoms with Crippen LogP contribution in [0.25, 0.3) is 0 Å². The number of hydrogen-bond acceptors (Lipinski definition) is 2. The third-order valence-electron chi connectivity index (χ3n) is 5.06. The number of hydrogen-bond donors (Lipinski definition) is 1. The third-order valence-corrected chi connectivity index (χ3v) is 5.06. The lowest BCUT2D eigenvalue weighted by molar-refractivity contribution is 0.252. The molecule has 0 bridgehead atoms. The highest BCUT2D eigenvalue weighted by Crippen LogP contribution is 2.43. The van der Waals surface area contributed by atoms with Crippen LogP contribution in [0.2, 0.25) is 0 Å². The Hall–Kier alpha value is -1.28. The molecule has 0 saturated carbocycles. The van der Waals surface area contributed by atoms with Crippen LogP contribution < -0.4 is 0 Å². The Labute approximate surface area is 136 Å². The van der Waals surface area contributed by atoms with Crippen LogP contribution in [0.5, 0.6) is 0 Å². The normalized spacial score (nSPS) is 26.4. The Morgan fingerprint density at radius 2 is 2.09 bits per heavy atom. The Kier molecular flexibility index (Phi) is 7.15. The Morgan fingerprint density at radius 1 is 1.41 bits per heavy atom. The Balaban J connectivity index is 0.00000116. The van der Waals surface area contributed by atoms with Gasteiger partial charge in [0.25, 0.3) is 0 Å². The molecule has 0 aromatic carbocycles. The van der Waals surface area contributed by atoms with Crippen molar-refractivity contribution in [2.75, 3.05) is 19.6 Å². The molecule has 0 amide bonds. The summed E-state index contributed by atoms with van der Waals surface area (Å²) in [5, 5.41) is 9.98. The standard InChI is InChI=1S/C18H27NO.C2H6/c1-5-19-12-9-16(17(13-19)15(3)20)14(2)18(4)10-7-6-8-11-18;1-2/h6-8,10,14,20H,3,5,9,11-13H2,1-2,4H3;1-2H3. The molecule has 2 nitrogen and oxygen atoms in total. The lowest BCUT2D eigenvalue weighted by atomic mass is 9.68. The zero-order valence-electron chi connectivity index (χ0n) is 15.0. The van der Waals surface area contributed by atoms with Gasteiger partial charge < -0.3 is 5.11 Å². The summed E-state index contributed by atoms with van der Waals surface area (Å²) in [6.07, 6.45) is 10.9. The first-order chi connectivity index (χ1) is 10.5. The molecule has 0 saturated heterocycles. The second-order valence-corrected chi connectivity index (χ2v) is 6.29. The summed E-state index contributed by atoms with van der Waals surface area (Å²) in [6.45, 7) is 17.5. The molecule has 2 atom stereocenters. The van der Waals surface area contributed by atoms with Gasteiger partial charge in [0.05, 0.1) is 0 Å². The molecule has 2 unspecified atom stereocenters. The summed E-state index contributed by atoms with van der Waals surface area (Å²) >= 11 is 0. The predicted octanol–water partition coefficient (Wildman–Crippen LogP) is 5.27. The zero-order valence-corrected chi connectivity index (χ0v) is 15.0. The van der Waals surface area contributed by atoms with Crippen LogP contribution in [0.3, 0.4) is 0 Å². The van der Waals surface area contributed by atoms with Crippen LogP contribution in [0.1, 0.15) is 47.5 Å². The molecule has 2 heteroatoms. The second-order valence-electron chi connectivity index (χ2n) is 6.29. The number of rotatable bonds is 4. The van der Waals surface area contributed by atoms with Crippen LogP contribution in [0.4, 0.5) is 0 Å². The zero-order chi connectivity index (χ0) is 16.8. The summed E-state index contributed by atoms with van der Waals surface area (Å²) in [4.78, 5) is 2.37. The monoisotopic (exact) mass is 303 g/mol. The van der Waals surface area contributed by atoms with Crippen molar-refractivity contribution in [1.29, 1.82) is 0 Å². The van der Waals surface area contributed by atoms with Gasteiger partial charge in [-0.3, -0.25) is 4.90 Å². The van der Waals surface area contributed by atoms with Crippen LogP contribution in [-0.2, 0) is 0 Å². The molecule has 1 aliphatic carbocycles. The third kappa shape index (κ3) is 4.13. The summed E-state index contributed by atoms with van der Waals surface area (Å²) in [6, 6.07) is 0. The molecule has 0 aromatic rings. The van der Waals surface area contributed by atoms with Crippen LogP contribution >= 0.6 is 0 Å². The molecule has 22 heavy (non-hydrogen) atoms. The van der Waals surface area contributed by atoms with Crippen LogP contribution in [-0.4, -0.2) is 29.6 Å². The van der Waals surface area contributed by atoms with Gasteiger partial charge in [0.2, 0.25) is 0 Å². The number of nitrogens with zero attached hydrogens (tertiary/aromatic N) is 1. The van der Waals surface area contributed by atoms with Gasteiger partial charge in [-0.1, -0.05) is 71.1 Å². The SMILES string of the molecule is C=C(O)C1=C(C(C)C2(C)C=CC=CC2)CCN(CC)C1.CC. The lowest BCUT2D eigenvalue weighted by Gasteiger charge is -2.39. The highest BCUT2D eigenvalue weighted by Gasteiger charge is 2.34. The van der Waals surface area contributed by atoms with Crippen molar-refractivity contribution in [2.45, 2.75) is 47.5 Å². The van der Waals surface area contributed by atoms with Gasteiger partial charge in [-0.05, 0) is 30.7 Å². The number of aliphatic hydroxyl groups is 1. The van der Waals surface area contributed by atoms with E-state index >= 15 is 0 Å². The van der Waals surface area contributed by atoms with E-state index in [-0.39, 0.29) is 11.2 Å². The van der Waals surface area contributed by atoms with E-state index in [0.29, 0.717) is 5.92 Å². The van der Waals surface area contributed by atoms with Crippen molar-refractivity contribution in [3.8, 4) is 0 Å². The minimum Gasteiger partial charge on any atom is -0.508 e. The van der Waals surface area contributed by atoms with Crippen molar-refractivity contribution in [1.82, 2.24) is 4.90 Å². The summed E-state index contributed by atoms with van der Waals surface area (Å²) in [7, 11) is 0. The fourth-order valence-electron chi connectivity index (χ4n) is 3.32. The average Bonchev–Trinajstić information content (AvgIpc) is 2.56. The fourth-order valence-corrected chi connectivity index (χ4v) is 3.32. The van der Waals surface area contributed by atoms with E-state index < -0.39 is 0 Å². The molecule has 0 fully saturated rings. The Bertz CT molecular complexity index is 472. The van der Waals surface area contributed by atoms with Crippen molar-refractivity contribution >= 4 is 0 Å². The maximum Gasteiger partial charge on any atom is 0.112 e. The topological polar surface area (TPSA) is 23.5 Å². The van der Waals surface area contributed by atoms with Crippen LogP contribution in [0, 0.1) is 11.3 Å². The minimum absolute atomic E-state index is 0.152. The fraction of sp³-hybridized carbons (Fsp3) is 0.600. The molecular formula is C20H33NO. The van der Waals surface area contributed by atoms with E-state index in [9.17, 15) is 5.11 Å². The van der Waals surface area contributed by atoms with Crippen LogP contribution in [0.15, 0.2) is 47.8 Å². The lowest BCUT2D eigenvalue weighted by Crippen LogP contribution is -2.36. The molecular weight excluding hydrogens is 270 g/mol. The quantitative estimate of drug-likeness (QED) is 0.716. The summed E-state index contributed by atoms with van der Waals surface area (Å²) in [5.41, 5.74) is 2.61. The van der Waals surface area contributed by atoms with Gasteiger partial charge in [-0.15, -0.1) is 0 Å². The molecule has 2 aliphatic rings. The first kappa shape index (κ1) is 18.8. The van der Waals surface area contributed by atoms with E-state index in [0.717, 1.165) is 38.0 Å². The van der Waals surface area contributed by atoms with Gasteiger partial charge in [0, 0.05) is 18.7 Å². The highest BCUT2D eigenvalue weighted by molar-refractivity contribution is 5.35. The van der Waals surface area contributed by atoms with Gasteiger partial charge in [-0.2, -0.15) is 0 Å². The molecule has 0 spiro atoms. The largest absolute Gasteiger partial charge is 0.508 e. The first-order valence-corrected chi connectivity index (χ1v) is 8.65. The van der Waals surface area contributed by atoms with E-state index in [1.54, 1.807) is 0 Å². The summed E-state index contributed by atoms with van der Waals surface area (Å²) < 4.78 is 0. The summed E-state index contributed by atoms with van der Waals surface area (Å²) in [5.74, 6) is 0.686. The van der Waals surface area contributed by atoms with Crippen molar-refractivity contribution in [3.05, 3.63) is 47.8 Å². The molecule has 1 aliphatic heterocycles. The van der Waals surface area contributed by atoms with Crippen molar-refractivity contribution in [3.63, 3.8) is 0 Å². The second kappa shape index (κ2) is 8.38. The molecule has 0 radical (unpaired) electrons. The van der Waals surface area contributed by atoms with E-state index in [1.165, 1.54) is 5.57 Å². The van der Waals surface area contributed by atoms with Gasteiger partial charge in [0.1, 0.15) is 5.76 Å². The smallest absolute Gasteiger partial charge is 0.112 e. The van der Waals surface area contributed by atoms with E-state index in [4.69, 9.17) is 0 Å². The van der Waals surface area contributed by atoms with Gasteiger partial charge in [0.15, 0.2) is 0 Å². The molecule has 124 valence electrons. The average molecular weight is 303 g/mol. The van der Waals surface area contributed by atoms with Gasteiger partial charge in [-0.25, -0.2) is 0 Å². The molecule has 0 aromatic heterocycles. The van der Waals surface area contributed by atoms with E-state index in [2.05, 4.69) is 56.6 Å². The number of likely N-dealkylation sites (N-methyl/N-ethyl adjacent to an activating group) is 1. The molecule has 2 rings (SSSR count).